The van der Waals surface area contributed by atoms with Gasteiger partial charge in [-0.2, -0.15) is 0 Å². The Morgan fingerprint density at radius 2 is 1.80 bits per heavy atom. The molecule has 118 valence electrons. The smallest absolute Gasteiger partial charge is 0.192 e. The molecule has 0 radical (unpaired) electrons. The van der Waals surface area contributed by atoms with E-state index in [-0.39, 0.29) is 17.1 Å². The van der Waals surface area contributed by atoms with Gasteiger partial charge in [0.15, 0.2) is 8.32 Å². The Labute approximate surface area is 125 Å². The fourth-order valence-electron chi connectivity index (χ4n) is 2.37. The van der Waals surface area contributed by atoms with E-state index >= 15 is 0 Å². The molecule has 0 saturated carbocycles. The van der Waals surface area contributed by atoms with Crippen LogP contribution in [0.5, 0.6) is 0 Å². The fourth-order valence-corrected chi connectivity index (χ4v) is 3.75. The largest absolute Gasteiger partial charge is 0.414 e. The number of rotatable bonds is 3. The van der Waals surface area contributed by atoms with E-state index in [1.807, 2.05) is 0 Å². The Morgan fingerprint density at radius 3 is 2.25 bits per heavy atom. The molecule has 2 N–H and O–H groups in total. The van der Waals surface area contributed by atoms with Crippen LogP contribution in [-0.2, 0) is 4.43 Å². The standard InChI is InChI=1S/C16H32O3Si/c1-11(2)13-9-8-12(10-14(17)15(13)18)19-20(6,7)16(3,4)5/h9,11-12,14-15,17-18H,8,10H2,1-7H3/t12-,14+,15-/m1/s1. The van der Waals surface area contributed by atoms with Gasteiger partial charge in [0, 0.05) is 6.42 Å². The minimum absolute atomic E-state index is 0.0109. The maximum atomic E-state index is 10.2. The molecule has 0 heterocycles. The first-order chi connectivity index (χ1) is 8.95. The van der Waals surface area contributed by atoms with Gasteiger partial charge in [0.1, 0.15) is 6.10 Å². The maximum Gasteiger partial charge on any atom is 0.192 e. The van der Waals surface area contributed by atoms with Crippen LogP contribution in [0.15, 0.2) is 11.6 Å². The molecule has 1 aliphatic carbocycles. The van der Waals surface area contributed by atoms with Crippen LogP contribution in [0.4, 0.5) is 0 Å². The van der Waals surface area contributed by atoms with Crippen molar-refractivity contribution in [1.29, 1.82) is 0 Å². The van der Waals surface area contributed by atoms with Crippen LogP contribution in [0.3, 0.4) is 0 Å². The molecule has 20 heavy (non-hydrogen) atoms. The van der Waals surface area contributed by atoms with Gasteiger partial charge in [0.25, 0.3) is 0 Å². The lowest BCUT2D eigenvalue weighted by Crippen LogP contribution is -2.44. The molecule has 1 aliphatic rings. The second kappa shape index (κ2) is 6.30. The number of aliphatic hydroxyl groups is 2. The van der Waals surface area contributed by atoms with E-state index < -0.39 is 20.5 Å². The summed E-state index contributed by atoms with van der Waals surface area (Å²) < 4.78 is 6.39. The number of aliphatic hydroxyl groups excluding tert-OH is 2. The molecule has 3 nitrogen and oxygen atoms in total. The highest BCUT2D eigenvalue weighted by molar-refractivity contribution is 6.74. The third kappa shape index (κ3) is 4.17. The summed E-state index contributed by atoms with van der Waals surface area (Å²) in [6, 6.07) is 0. The lowest BCUT2D eigenvalue weighted by molar-refractivity contribution is 0.0106. The molecule has 1 rings (SSSR count). The molecule has 0 aromatic carbocycles. The van der Waals surface area contributed by atoms with Gasteiger partial charge >= 0.3 is 0 Å². The fraction of sp³-hybridized carbons (Fsp3) is 0.875. The molecule has 0 bridgehead atoms. The van der Waals surface area contributed by atoms with Gasteiger partial charge in [-0.1, -0.05) is 40.7 Å². The van der Waals surface area contributed by atoms with Crippen LogP contribution < -0.4 is 0 Å². The van der Waals surface area contributed by atoms with Crippen molar-refractivity contribution < 1.29 is 14.6 Å². The van der Waals surface area contributed by atoms with Crippen molar-refractivity contribution in [2.45, 2.75) is 83.9 Å². The van der Waals surface area contributed by atoms with Crippen LogP contribution >= 0.6 is 0 Å². The van der Waals surface area contributed by atoms with E-state index in [2.05, 4.69) is 53.8 Å². The van der Waals surface area contributed by atoms with Crippen LogP contribution in [0, 0.1) is 5.92 Å². The summed E-state index contributed by atoms with van der Waals surface area (Å²) in [6.07, 6.45) is 1.92. The molecule has 0 saturated heterocycles. The summed E-state index contributed by atoms with van der Waals surface area (Å²) in [5.41, 5.74) is 0.943. The van der Waals surface area contributed by atoms with Gasteiger partial charge in [0.2, 0.25) is 0 Å². The van der Waals surface area contributed by atoms with Crippen molar-refractivity contribution >= 4 is 8.32 Å². The van der Waals surface area contributed by atoms with Crippen molar-refractivity contribution in [1.82, 2.24) is 0 Å². The Hall–Kier alpha value is -0.163. The van der Waals surface area contributed by atoms with Crippen molar-refractivity contribution in [3.63, 3.8) is 0 Å². The van der Waals surface area contributed by atoms with E-state index in [4.69, 9.17) is 4.43 Å². The monoisotopic (exact) mass is 300 g/mol. The average Bonchev–Trinajstić information content (AvgIpc) is 2.37. The highest BCUT2D eigenvalue weighted by Gasteiger charge is 2.40. The normalized spacial score (nSPS) is 29.3. The van der Waals surface area contributed by atoms with Gasteiger partial charge in [-0.15, -0.1) is 0 Å². The molecule has 0 fully saturated rings. The molecule has 0 amide bonds. The average molecular weight is 301 g/mol. The molecular weight excluding hydrogens is 268 g/mol. The zero-order valence-electron chi connectivity index (χ0n) is 14.1. The lowest BCUT2D eigenvalue weighted by Gasteiger charge is -2.39. The zero-order chi connectivity index (χ0) is 15.7. The van der Waals surface area contributed by atoms with E-state index in [1.165, 1.54) is 0 Å². The SMILES string of the molecule is CC(C)C1=CC[C@@H](O[Si](C)(C)C(C)(C)C)C[C@H](O)[C@@H]1O. The first-order valence-corrected chi connectivity index (χ1v) is 10.6. The molecule has 0 aliphatic heterocycles. The summed E-state index contributed by atoms with van der Waals surface area (Å²) in [6.45, 7) is 15.2. The van der Waals surface area contributed by atoms with E-state index in [0.29, 0.717) is 6.42 Å². The Kier molecular flexibility index (Phi) is 5.64. The van der Waals surface area contributed by atoms with Gasteiger partial charge in [-0.25, -0.2) is 0 Å². The number of hydrogen-bond acceptors (Lipinski definition) is 3. The molecular formula is C16H32O3Si. The summed E-state index contributed by atoms with van der Waals surface area (Å²) in [4.78, 5) is 0. The van der Waals surface area contributed by atoms with Crippen molar-refractivity contribution in [2.75, 3.05) is 0 Å². The lowest BCUT2D eigenvalue weighted by atomic mass is 9.94. The molecule has 0 aromatic rings. The quantitative estimate of drug-likeness (QED) is 0.620. The Bertz CT molecular complexity index is 355. The third-order valence-corrected chi connectivity index (χ3v) is 9.30. The van der Waals surface area contributed by atoms with E-state index in [0.717, 1.165) is 12.0 Å². The number of hydrogen-bond donors (Lipinski definition) is 2. The van der Waals surface area contributed by atoms with Crippen molar-refractivity contribution in [3.8, 4) is 0 Å². The van der Waals surface area contributed by atoms with Crippen LogP contribution in [0.25, 0.3) is 0 Å². The van der Waals surface area contributed by atoms with Crippen LogP contribution in [0.1, 0.15) is 47.5 Å². The first-order valence-electron chi connectivity index (χ1n) is 7.69. The predicted molar refractivity (Wildman–Crippen MR) is 86.2 cm³/mol. The minimum Gasteiger partial charge on any atom is -0.414 e. The third-order valence-electron chi connectivity index (χ3n) is 4.76. The first kappa shape index (κ1) is 17.9. The van der Waals surface area contributed by atoms with Crippen molar-refractivity contribution in [2.24, 2.45) is 5.92 Å². The summed E-state index contributed by atoms with van der Waals surface area (Å²) in [5, 5.41) is 20.6. The van der Waals surface area contributed by atoms with Gasteiger partial charge in [-0.3, -0.25) is 0 Å². The predicted octanol–water partition coefficient (Wildman–Crippen LogP) is 3.47. The van der Waals surface area contributed by atoms with Gasteiger partial charge in [-0.05, 0) is 36.0 Å². The van der Waals surface area contributed by atoms with E-state index in [9.17, 15) is 10.2 Å². The summed E-state index contributed by atoms with van der Waals surface area (Å²) >= 11 is 0. The Balaban J connectivity index is 2.85. The van der Waals surface area contributed by atoms with Gasteiger partial charge < -0.3 is 14.6 Å². The van der Waals surface area contributed by atoms with Crippen LogP contribution in [-0.4, -0.2) is 36.8 Å². The molecule has 0 aromatic heterocycles. The second-order valence-electron chi connectivity index (χ2n) is 7.84. The molecule has 0 unspecified atom stereocenters. The van der Waals surface area contributed by atoms with Gasteiger partial charge in [0.05, 0.1) is 12.2 Å². The summed E-state index contributed by atoms with van der Waals surface area (Å²) in [5.74, 6) is 0.256. The van der Waals surface area contributed by atoms with Crippen LogP contribution in [0.2, 0.25) is 18.1 Å². The van der Waals surface area contributed by atoms with Crippen molar-refractivity contribution in [3.05, 3.63) is 11.6 Å². The summed E-state index contributed by atoms with van der Waals surface area (Å²) in [7, 11) is -1.84. The Morgan fingerprint density at radius 1 is 1.25 bits per heavy atom. The highest BCUT2D eigenvalue weighted by atomic mass is 28.4. The minimum atomic E-state index is -1.84. The molecule has 4 heteroatoms. The van der Waals surface area contributed by atoms with E-state index in [1.54, 1.807) is 0 Å². The molecule has 3 atom stereocenters. The highest BCUT2D eigenvalue weighted by Crippen LogP contribution is 2.39. The topological polar surface area (TPSA) is 49.7 Å². The second-order valence-corrected chi connectivity index (χ2v) is 12.6. The maximum absolute atomic E-state index is 10.2. The zero-order valence-corrected chi connectivity index (χ0v) is 15.1. The molecule has 0 spiro atoms.